The maximum atomic E-state index is 16.3. The van der Waals surface area contributed by atoms with Gasteiger partial charge in [-0.05, 0) is 13.0 Å². The number of nitrogens with one attached hydrogen (secondary N) is 1. The Bertz CT molecular complexity index is 1460. The van der Waals surface area contributed by atoms with E-state index in [1.165, 1.54) is 5.56 Å². The zero-order valence-corrected chi connectivity index (χ0v) is 16.1. The van der Waals surface area contributed by atoms with Gasteiger partial charge in [0, 0.05) is 6.54 Å². The Balaban J connectivity index is 0.000000143. The molecule has 11 heterocycles. The van der Waals surface area contributed by atoms with Crippen LogP contribution in [0, 0.1) is 0 Å². The molecule has 0 aromatic heterocycles. The fourth-order valence-corrected chi connectivity index (χ4v) is 91.7. The molecule has 0 amide bonds. The second-order valence-corrected chi connectivity index (χ2v) is 36.1. The summed E-state index contributed by atoms with van der Waals surface area (Å²) in [4.78, 5) is 4.47. The van der Waals surface area contributed by atoms with Crippen LogP contribution in [0.5, 0.6) is 0 Å². The van der Waals surface area contributed by atoms with Gasteiger partial charge in [-0.25, -0.2) is 4.39 Å². The molecule has 0 saturated carbocycles. The molecule has 0 radical (unpaired) electrons. The van der Waals surface area contributed by atoms with Crippen molar-refractivity contribution in [3.63, 3.8) is 0 Å². The number of hydrogen-bond donors (Lipinski definition) is 1. The molecule has 6 atom stereocenters. The Morgan fingerprint density at radius 3 is 1.96 bits per heavy atom. The fourth-order valence-electron chi connectivity index (χ4n) is 18.7. The van der Waals surface area contributed by atoms with Crippen molar-refractivity contribution in [2.75, 3.05) is 6.54 Å². The first kappa shape index (κ1) is 12.7. The van der Waals surface area contributed by atoms with E-state index in [2.05, 4.69) is 29.6 Å². The van der Waals surface area contributed by atoms with Gasteiger partial charge < -0.3 is 0 Å². The van der Waals surface area contributed by atoms with E-state index in [0.29, 0.717) is 40.3 Å². The van der Waals surface area contributed by atoms with E-state index in [0.717, 1.165) is 12.0 Å². The van der Waals surface area contributed by atoms with Crippen LogP contribution in [0.15, 0.2) is 42.0 Å². The van der Waals surface area contributed by atoms with Crippen LogP contribution >= 0.6 is 0 Å². The van der Waals surface area contributed by atoms with Crippen LogP contribution in [0.3, 0.4) is 0 Å². The second-order valence-electron chi connectivity index (χ2n) is 13.3. The number of alkyl halides is 3. The topological polar surface area (TPSA) is 12.0 Å². The molecule has 0 bridgehead atoms. The summed E-state index contributed by atoms with van der Waals surface area (Å²) in [6.07, 6.45) is 1.61. The Kier molecular flexibility index (Phi) is 0.681. The molecule has 27 heavy (non-hydrogen) atoms. The second kappa shape index (κ2) is 1.45. The summed E-state index contributed by atoms with van der Waals surface area (Å²) in [5, 5.41) is 2.61. The molecule has 144 valence electrons. The molecule has 1 spiro atoms. The van der Waals surface area contributed by atoms with E-state index < -0.39 is 21.9 Å². The van der Waals surface area contributed by atoms with Crippen molar-refractivity contribution in [1.29, 1.82) is 0 Å². The van der Waals surface area contributed by atoms with Crippen LogP contribution in [0.25, 0.3) is 0 Å². The van der Waals surface area contributed by atoms with Crippen LogP contribution in [0.1, 0.15) is 12.5 Å². The molecular weight excluding hydrogens is 391 g/mol. The molecule has 1 aromatic carbocycles. The molecule has 10 saturated heterocycles. The fraction of sp³-hybridized carbons (Fsp3) is 0.636. The summed E-state index contributed by atoms with van der Waals surface area (Å²) in [6, 6.07) is 10.5. The Hall–Kier alpha value is -0.771. The normalized spacial score (nSPS) is 89.7. The average molecular weight is 413 g/mol. The van der Waals surface area contributed by atoms with Crippen molar-refractivity contribution in [3.8, 4) is 0 Å². The third-order valence-corrected chi connectivity index (χ3v) is 59.7. The third kappa shape index (κ3) is 0.198. The zero-order valence-electron chi connectivity index (χ0n) is 15.0. The number of halogens is 3. The summed E-state index contributed by atoms with van der Waals surface area (Å²) in [5.41, 5.74) is 2.38. The molecule has 11 aliphatic rings. The number of benzene rings is 1. The van der Waals surface area contributed by atoms with E-state index in [1.54, 1.807) is 6.08 Å². The summed E-state index contributed by atoms with van der Waals surface area (Å²) < 4.78 is 41.8. The maximum absolute atomic E-state index is 16.3. The predicted octanol–water partition coefficient (Wildman–Crippen LogP) is 5.57. The van der Waals surface area contributed by atoms with Gasteiger partial charge in [0.05, 0.1) is 0 Å². The van der Waals surface area contributed by atoms with Crippen molar-refractivity contribution in [1.82, 2.24) is 5.32 Å². The first-order valence-electron chi connectivity index (χ1n) is 10.4. The zero-order chi connectivity index (χ0) is 18.0. The molecule has 1 nitrogen and oxygen atoms in total. The van der Waals surface area contributed by atoms with E-state index in [-0.39, 0.29) is 4.31 Å². The number of rotatable bonds is 2. The van der Waals surface area contributed by atoms with Crippen molar-refractivity contribution >= 4 is 0 Å². The van der Waals surface area contributed by atoms with Crippen LogP contribution in [0.2, 0.25) is 38.0 Å². The Morgan fingerprint density at radius 1 is 1.04 bits per heavy atom. The van der Waals surface area contributed by atoms with E-state index in [4.69, 9.17) is 0 Å². The third-order valence-electron chi connectivity index (χ3n) is 17.3. The summed E-state index contributed by atoms with van der Waals surface area (Å²) in [5.74, 6) is 0. The van der Waals surface area contributed by atoms with Crippen LogP contribution < -0.4 is 5.32 Å². The van der Waals surface area contributed by atoms with Crippen molar-refractivity contribution in [2.45, 2.75) is 66.8 Å². The van der Waals surface area contributed by atoms with Gasteiger partial charge in [0.25, 0.3) is 0 Å². The van der Waals surface area contributed by atoms with Gasteiger partial charge in [-0.15, -0.1) is 0 Å². The molecule has 11 aliphatic heterocycles. The minimum atomic E-state index is -4.42. The first-order chi connectivity index (χ1) is 12.7. The van der Waals surface area contributed by atoms with Gasteiger partial charge in [0.2, 0.25) is 0 Å². The summed E-state index contributed by atoms with van der Waals surface area (Å²) in [7, 11) is 0. The van der Waals surface area contributed by atoms with Crippen molar-refractivity contribution in [3.05, 3.63) is 47.5 Å². The molecular formula is C22H22F3FeN. The molecule has 10 fully saturated rings. The van der Waals surface area contributed by atoms with Crippen LogP contribution in [-0.4, -0.2) is 22.0 Å². The van der Waals surface area contributed by atoms with E-state index in [1.807, 2.05) is 13.0 Å². The van der Waals surface area contributed by atoms with Crippen molar-refractivity contribution < 1.29 is 19.7 Å². The molecule has 1 aromatic rings. The van der Waals surface area contributed by atoms with Gasteiger partial charge in [0.15, 0.2) is 6.30 Å². The number of hydrogen-bond acceptors (Lipinski definition) is 1. The molecule has 12 rings (SSSR count). The van der Waals surface area contributed by atoms with Crippen molar-refractivity contribution in [2.24, 2.45) is 0 Å². The van der Waals surface area contributed by atoms with Gasteiger partial charge in [-0.2, -0.15) is 0 Å². The van der Waals surface area contributed by atoms with Gasteiger partial charge >= 0.3 is 105 Å². The Labute approximate surface area is 146 Å². The predicted molar refractivity (Wildman–Crippen MR) is 93.4 cm³/mol. The summed E-state index contributed by atoms with van der Waals surface area (Å²) in [6.45, 7) is -1.80. The van der Waals surface area contributed by atoms with Crippen LogP contribution in [0.4, 0.5) is 13.2 Å². The quantitative estimate of drug-likeness (QED) is 0.380. The molecule has 0 aliphatic carbocycles. The first-order valence-corrected chi connectivity index (χ1v) is 16.5. The monoisotopic (exact) mass is 413 g/mol. The molecule has 1 N–H and O–H groups in total. The average Bonchev–Trinajstić information content (AvgIpc) is 3.58. The van der Waals surface area contributed by atoms with Gasteiger partial charge in [-0.3, -0.25) is 5.32 Å². The molecule has 6 unspecified atom stereocenters. The SMILES string of the molecule is CC1=CC(F)NC1.F[C]12[CH]3[CH]4[C]5(Cc6ccccc6)[C]1(F)[Fe]34251678[CH]2[CH]1[CH]6[CH]7[CH]28. The minimum absolute atomic E-state index is 0.0441. The van der Waals surface area contributed by atoms with Gasteiger partial charge in [-0.1, -0.05) is 5.57 Å². The number of fused-ring (bicyclic) bond motifs is 10. The van der Waals surface area contributed by atoms with E-state index in [9.17, 15) is 4.39 Å². The van der Waals surface area contributed by atoms with E-state index >= 15 is 8.78 Å². The summed E-state index contributed by atoms with van der Waals surface area (Å²) >= 11 is 0. The van der Waals surface area contributed by atoms with Gasteiger partial charge in [0.1, 0.15) is 0 Å². The molecule has 5 heteroatoms. The Morgan fingerprint density at radius 2 is 1.67 bits per heavy atom. The standard InChI is InChI=1S/C12H9F2.C5H8FN.C5H5.Fe/c13-11-7-6-10(12(11)14)8-9-4-2-1-3-5-9;1-4-2-5(6)7-3-4;1-2-4-5-3-1;/h1-7H,8H2;2,5,7H,3H2,1H3;1-5H;. The van der Waals surface area contributed by atoms with Crippen LogP contribution in [-0.2, 0) is 12.9 Å².